The highest BCUT2D eigenvalue weighted by Crippen LogP contribution is 2.41. The topological polar surface area (TPSA) is 64.7 Å². The minimum absolute atomic E-state index is 0.594. The molecule has 7 aromatic carbocycles. The molecule has 45 heavy (non-hydrogen) atoms. The lowest BCUT2D eigenvalue weighted by molar-refractivity contribution is 0.620. The van der Waals surface area contributed by atoms with E-state index in [4.69, 9.17) is 24.4 Å². The van der Waals surface area contributed by atoms with Crippen molar-refractivity contribution in [2.75, 3.05) is 0 Å². The molecule has 5 nitrogen and oxygen atoms in total. The number of hydrogen-bond acceptors (Lipinski definition) is 5. The minimum Gasteiger partial charge on any atom is -0.436 e. The Morgan fingerprint density at radius 1 is 0.400 bits per heavy atom. The van der Waals surface area contributed by atoms with Gasteiger partial charge in [0.15, 0.2) is 23.1 Å². The van der Waals surface area contributed by atoms with Crippen LogP contribution in [0.4, 0.5) is 0 Å². The molecule has 0 radical (unpaired) electrons. The zero-order valence-electron chi connectivity index (χ0n) is 24.1. The molecule has 0 amide bonds. The number of benzene rings is 7. The van der Waals surface area contributed by atoms with Gasteiger partial charge in [-0.1, -0.05) is 115 Å². The van der Waals surface area contributed by atoms with E-state index in [9.17, 15) is 0 Å². The van der Waals surface area contributed by atoms with Gasteiger partial charge in [-0.3, -0.25) is 0 Å². The van der Waals surface area contributed by atoms with Crippen molar-refractivity contribution in [2.45, 2.75) is 0 Å². The van der Waals surface area contributed by atoms with Crippen molar-refractivity contribution in [3.8, 4) is 45.6 Å². The molecule has 0 aliphatic carbocycles. The standard InChI is InChI=1S/C40H24N4O/c1-4-13-26(14-5-1)37-42-38(27-15-6-2-7-16-27)44-39(43-37)33-24-32-30(31-21-20-25-12-10-11-19-29(25)35(31)33)22-23-34-36(32)41-40(45-34)28-17-8-3-9-18-28/h1-24H. The van der Waals surface area contributed by atoms with E-state index in [0.29, 0.717) is 23.4 Å². The number of rotatable bonds is 4. The van der Waals surface area contributed by atoms with Crippen LogP contribution in [0.5, 0.6) is 0 Å². The summed E-state index contributed by atoms with van der Waals surface area (Å²) in [4.78, 5) is 20.2. The molecule has 9 rings (SSSR count). The normalized spacial score (nSPS) is 11.6. The molecule has 0 saturated carbocycles. The fourth-order valence-electron chi connectivity index (χ4n) is 6.21. The summed E-state index contributed by atoms with van der Waals surface area (Å²) in [6.45, 7) is 0. The Morgan fingerprint density at radius 3 is 1.67 bits per heavy atom. The highest BCUT2D eigenvalue weighted by Gasteiger charge is 2.20. The van der Waals surface area contributed by atoms with Crippen LogP contribution in [0.1, 0.15) is 0 Å². The molecule has 0 atom stereocenters. The maximum Gasteiger partial charge on any atom is 0.227 e. The van der Waals surface area contributed by atoms with E-state index in [1.807, 2.05) is 97.1 Å². The Hall–Kier alpha value is -6.20. The van der Waals surface area contributed by atoms with Gasteiger partial charge in [-0.25, -0.2) is 19.9 Å². The van der Waals surface area contributed by atoms with E-state index < -0.39 is 0 Å². The summed E-state index contributed by atoms with van der Waals surface area (Å²) < 4.78 is 6.29. The third-order valence-electron chi connectivity index (χ3n) is 8.34. The van der Waals surface area contributed by atoms with Crippen LogP contribution in [0.3, 0.4) is 0 Å². The van der Waals surface area contributed by atoms with Crippen molar-refractivity contribution in [1.82, 2.24) is 19.9 Å². The van der Waals surface area contributed by atoms with Crippen LogP contribution >= 0.6 is 0 Å². The third kappa shape index (κ3) is 4.25. The quantitative estimate of drug-likeness (QED) is 0.195. The first kappa shape index (κ1) is 25.3. The fourth-order valence-corrected chi connectivity index (χ4v) is 6.21. The van der Waals surface area contributed by atoms with Gasteiger partial charge in [0.05, 0.1) is 0 Å². The first-order valence-electron chi connectivity index (χ1n) is 14.9. The SMILES string of the molecule is c1ccc(-c2nc(-c3ccccc3)nc(-c3cc4c(ccc5oc(-c6ccccc6)nc54)c4ccc5ccccc5c34)n2)cc1. The molecule has 2 aromatic heterocycles. The maximum atomic E-state index is 6.29. The summed E-state index contributed by atoms with van der Waals surface area (Å²) in [7, 11) is 0. The number of hydrogen-bond donors (Lipinski definition) is 0. The van der Waals surface area contributed by atoms with Gasteiger partial charge in [-0.2, -0.15) is 0 Å². The maximum absolute atomic E-state index is 6.29. The highest BCUT2D eigenvalue weighted by atomic mass is 16.3. The van der Waals surface area contributed by atoms with Gasteiger partial charge in [0.2, 0.25) is 5.89 Å². The summed E-state index contributed by atoms with van der Waals surface area (Å²) in [5, 5.41) is 6.58. The lowest BCUT2D eigenvalue weighted by Crippen LogP contribution is -2.01. The summed E-state index contributed by atoms with van der Waals surface area (Å²) in [5.41, 5.74) is 5.26. The summed E-state index contributed by atoms with van der Waals surface area (Å²) in [6.07, 6.45) is 0. The molecule has 210 valence electrons. The minimum atomic E-state index is 0.594. The second-order valence-electron chi connectivity index (χ2n) is 11.1. The van der Waals surface area contributed by atoms with Gasteiger partial charge in [-0.05, 0) is 51.9 Å². The van der Waals surface area contributed by atoms with E-state index >= 15 is 0 Å². The van der Waals surface area contributed by atoms with Crippen LogP contribution in [0.15, 0.2) is 150 Å². The lowest BCUT2D eigenvalue weighted by Gasteiger charge is -2.14. The molecule has 0 bridgehead atoms. The van der Waals surface area contributed by atoms with Crippen LogP contribution in [0, 0.1) is 0 Å². The van der Waals surface area contributed by atoms with E-state index in [1.54, 1.807) is 0 Å². The van der Waals surface area contributed by atoms with Crippen molar-refractivity contribution in [3.63, 3.8) is 0 Å². The average Bonchev–Trinajstić information content (AvgIpc) is 3.57. The molecular formula is C40H24N4O. The molecule has 0 aliphatic rings. The van der Waals surface area contributed by atoms with Gasteiger partial charge in [0.1, 0.15) is 5.52 Å². The summed E-state index contributed by atoms with van der Waals surface area (Å²) in [6, 6.07) is 49.4. The third-order valence-corrected chi connectivity index (χ3v) is 8.34. The molecule has 0 aliphatic heterocycles. The second kappa shape index (κ2) is 10.2. The van der Waals surface area contributed by atoms with E-state index in [0.717, 1.165) is 65.7 Å². The van der Waals surface area contributed by atoms with Crippen molar-refractivity contribution < 1.29 is 4.42 Å². The molecule has 0 saturated heterocycles. The zero-order valence-corrected chi connectivity index (χ0v) is 24.1. The monoisotopic (exact) mass is 576 g/mol. The molecule has 0 spiro atoms. The Kier molecular flexibility index (Phi) is 5.74. The highest BCUT2D eigenvalue weighted by molar-refractivity contribution is 6.25. The predicted molar refractivity (Wildman–Crippen MR) is 182 cm³/mol. The summed E-state index contributed by atoms with van der Waals surface area (Å²) >= 11 is 0. The average molecular weight is 577 g/mol. The lowest BCUT2D eigenvalue weighted by atomic mass is 9.92. The van der Waals surface area contributed by atoms with Crippen LogP contribution < -0.4 is 0 Å². The van der Waals surface area contributed by atoms with Crippen LogP contribution in [0.25, 0.3) is 89.0 Å². The van der Waals surface area contributed by atoms with Gasteiger partial charge in [0, 0.05) is 33.0 Å². The van der Waals surface area contributed by atoms with E-state index in [1.165, 1.54) is 0 Å². The van der Waals surface area contributed by atoms with Crippen LogP contribution in [-0.2, 0) is 0 Å². The number of aromatic nitrogens is 4. The molecule has 0 fully saturated rings. The first-order chi connectivity index (χ1) is 22.3. The van der Waals surface area contributed by atoms with Crippen molar-refractivity contribution in [2.24, 2.45) is 0 Å². The van der Waals surface area contributed by atoms with Gasteiger partial charge >= 0.3 is 0 Å². The van der Waals surface area contributed by atoms with Crippen molar-refractivity contribution in [3.05, 3.63) is 146 Å². The Morgan fingerprint density at radius 2 is 0.978 bits per heavy atom. The van der Waals surface area contributed by atoms with Crippen molar-refractivity contribution in [1.29, 1.82) is 0 Å². The molecule has 2 heterocycles. The van der Waals surface area contributed by atoms with E-state index in [2.05, 4.69) is 48.5 Å². The Labute approximate surface area is 258 Å². The Balaban J connectivity index is 1.40. The predicted octanol–water partition coefficient (Wildman–Crippen LogP) is 10.1. The van der Waals surface area contributed by atoms with E-state index in [-0.39, 0.29) is 0 Å². The number of fused-ring (bicyclic) bond motifs is 7. The number of nitrogens with zero attached hydrogens (tertiary/aromatic N) is 4. The Bertz CT molecular complexity index is 2470. The fraction of sp³-hybridized carbons (Fsp3) is 0. The largest absolute Gasteiger partial charge is 0.436 e. The molecule has 0 unspecified atom stereocenters. The second-order valence-corrected chi connectivity index (χ2v) is 11.1. The van der Waals surface area contributed by atoms with Crippen molar-refractivity contribution >= 4 is 43.4 Å². The van der Waals surface area contributed by atoms with Gasteiger partial charge in [-0.15, -0.1) is 0 Å². The smallest absolute Gasteiger partial charge is 0.227 e. The molecule has 5 heteroatoms. The van der Waals surface area contributed by atoms with Gasteiger partial charge in [0.25, 0.3) is 0 Å². The van der Waals surface area contributed by atoms with Crippen LogP contribution in [-0.4, -0.2) is 19.9 Å². The summed E-state index contributed by atoms with van der Waals surface area (Å²) in [5.74, 6) is 2.45. The molecule has 0 N–H and O–H groups in total. The molecular weight excluding hydrogens is 552 g/mol. The molecule has 9 aromatic rings. The van der Waals surface area contributed by atoms with Gasteiger partial charge < -0.3 is 4.42 Å². The van der Waals surface area contributed by atoms with Crippen LogP contribution in [0.2, 0.25) is 0 Å². The first-order valence-corrected chi connectivity index (χ1v) is 14.9. The number of oxazole rings is 1. The zero-order chi connectivity index (χ0) is 29.7.